The Morgan fingerprint density at radius 1 is 0.954 bits per heavy atom. The van der Waals surface area contributed by atoms with E-state index >= 15 is 0 Å². The molecule has 2 unspecified atom stereocenters. The monoisotopic (exact) mass is 945 g/mol. The first-order valence-electron chi connectivity index (χ1n) is 21.0. The molecule has 2 aromatic rings. The number of benzene rings is 1. The molecule has 65 heavy (non-hydrogen) atoms. The van der Waals surface area contributed by atoms with E-state index in [0.717, 1.165) is 21.6 Å². The minimum absolute atomic E-state index is 0.0499. The molecule has 0 bridgehead atoms. The molecule has 356 valence electrons. The summed E-state index contributed by atoms with van der Waals surface area (Å²) in [5.74, 6) is -7.02. The molecule has 2 aliphatic rings. The summed E-state index contributed by atoms with van der Waals surface area (Å²) in [4.78, 5) is 121. The second-order valence-electron chi connectivity index (χ2n) is 15.8. The first-order chi connectivity index (χ1) is 31.0. The van der Waals surface area contributed by atoms with E-state index in [1.807, 2.05) is 0 Å². The topological polar surface area (TPSA) is 358 Å². The molecule has 0 saturated carbocycles. The summed E-state index contributed by atoms with van der Waals surface area (Å²) in [5, 5.41) is 38.7. The standard InChI is InChI=1S/C40H59N13O10S2/c1-21(2)32(52-33(56)25(47-31(55)17-43-3)6-4-12-45-40(41)42)37(60)48-26(14-22-8-10-24(54)11-9-22)34(57)50-28-18-64-65-19-29(39(62)63)51-36(59)30-7-5-13-53(30)38(61)27(49-35(28)58)15-23-16-44-20-46-23/h8-11,16,20-21,25-30,32,43,54H,4-7,12-15,17-19H2,1-3H3,(H,44,46)(H,47,55)(H,48,60)(H,49,58)(H,50,57)(H,51,59)(H,52,56)(H,62,63)(H4,41,42,45)/t25-,26-,27?,28?,29-,30-,32-/m0/s1. The van der Waals surface area contributed by atoms with Gasteiger partial charge in [-0.05, 0) is 56.3 Å². The highest BCUT2D eigenvalue weighted by Crippen LogP contribution is 2.25. The van der Waals surface area contributed by atoms with Crippen LogP contribution in [0.15, 0.2) is 41.8 Å². The fourth-order valence-corrected chi connectivity index (χ4v) is 9.35. The number of fused-ring (bicyclic) bond motifs is 1. The summed E-state index contributed by atoms with van der Waals surface area (Å²) in [7, 11) is 3.66. The Morgan fingerprint density at radius 2 is 1.68 bits per heavy atom. The fourth-order valence-electron chi connectivity index (χ4n) is 7.03. The van der Waals surface area contributed by atoms with Crippen LogP contribution in [0.1, 0.15) is 50.8 Å². The lowest BCUT2D eigenvalue weighted by Gasteiger charge is -2.31. The van der Waals surface area contributed by atoms with E-state index in [0.29, 0.717) is 24.1 Å². The molecular weight excluding hydrogens is 887 g/mol. The molecule has 1 aromatic heterocycles. The van der Waals surface area contributed by atoms with Crippen molar-refractivity contribution < 1.29 is 48.6 Å². The Labute approximate surface area is 383 Å². The van der Waals surface area contributed by atoms with E-state index in [2.05, 4.69) is 52.2 Å². The van der Waals surface area contributed by atoms with E-state index in [4.69, 9.17) is 11.5 Å². The number of aromatic hydroxyl groups is 1. The molecule has 23 nitrogen and oxygen atoms in total. The van der Waals surface area contributed by atoms with Crippen LogP contribution in [0.25, 0.3) is 0 Å². The maximum absolute atomic E-state index is 14.4. The molecule has 2 saturated heterocycles. The van der Waals surface area contributed by atoms with Crippen LogP contribution in [0.5, 0.6) is 5.75 Å². The fraction of sp³-hybridized carbons (Fsp3) is 0.550. The zero-order chi connectivity index (χ0) is 47.6. The van der Waals surface area contributed by atoms with Gasteiger partial charge < -0.3 is 68.8 Å². The van der Waals surface area contributed by atoms with Gasteiger partial charge in [0.05, 0.1) is 12.9 Å². The van der Waals surface area contributed by atoms with E-state index in [1.165, 1.54) is 29.6 Å². The number of carbonyl (C=O) groups is 8. The number of H-pyrrole nitrogens is 1. The average Bonchev–Trinajstić information content (AvgIpc) is 3.97. The summed E-state index contributed by atoms with van der Waals surface area (Å²) in [6, 6.07) is -2.72. The molecule has 25 heteroatoms. The van der Waals surface area contributed by atoms with Crippen molar-refractivity contribution in [2.24, 2.45) is 22.4 Å². The van der Waals surface area contributed by atoms with Gasteiger partial charge in [0, 0.05) is 49.3 Å². The Balaban J connectivity index is 1.62. The van der Waals surface area contributed by atoms with Crippen molar-refractivity contribution in [3.05, 3.63) is 48.0 Å². The van der Waals surface area contributed by atoms with Crippen molar-refractivity contribution in [2.75, 3.05) is 38.2 Å². The Hall–Kier alpha value is -6.08. The number of amides is 7. The Bertz CT molecular complexity index is 2000. The highest BCUT2D eigenvalue weighted by atomic mass is 33.1. The number of phenols is 1. The Kier molecular flexibility index (Phi) is 20.2. The van der Waals surface area contributed by atoms with Gasteiger partial charge >= 0.3 is 5.97 Å². The van der Waals surface area contributed by atoms with Crippen LogP contribution in [0.2, 0.25) is 0 Å². The highest BCUT2D eigenvalue weighted by molar-refractivity contribution is 8.76. The minimum atomic E-state index is -1.38. The number of hydrogen-bond acceptors (Lipinski definition) is 14. The molecule has 0 radical (unpaired) electrons. The molecule has 4 rings (SSSR count). The van der Waals surface area contributed by atoms with Crippen LogP contribution in [-0.4, -0.2) is 159 Å². The Morgan fingerprint density at radius 3 is 2.32 bits per heavy atom. The van der Waals surface area contributed by atoms with Crippen LogP contribution in [0.3, 0.4) is 0 Å². The van der Waals surface area contributed by atoms with Crippen molar-refractivity contribution in [3.8, 4) is 5.75 Å². The number of carbonyl (C=O) groups excluding carboxylic acids is 7. The van der Waals surface area contributed by atoms with Gasteiger partial charge in [0.25, 0.3) is 0 Å². The number of phenolic OH excluding ortho intramolecular Hbond substituents is 1. The molecule has 14 N–H and O–H groups in total. The first kappa shape index (κ1) is 51.6. The number of guanidine groups is 1. The lowest BCUT2D eigenvalue weighted by molar-refractivity contribution is -0.144. The summed E-state index contributed by atoms with van der Waals surface area (Å²) in [6.45, 7) is 3.61. The number of aliphatic imine (C=N–C) groups is 1. The second-order valence-corrected chi connectivity index (χ2v) is 18.4. The lowest BCUT2D eigenvalue weighted by Crippen LogP contribution is -2.61. The smallest absolute Gasteiger partial charge is 0.327 e. The predicted molar refractivity (Wildman–Crippen MR) is 242 cm³/mol. The van der Waals surface area contributed by atoms with Crippen LogP contribution >= 0.6 is 21.6 Å². The van der Waals surface area contributed by atoms with Gasteiger partial charge in [0.15, 0.2) is 5.96 Å². The molecule has 0 aliphatic carbocycles. The molecule has 0 spiro atoms. The van der Waals surface area contributed by atoms with Crippen molar-refractivity contribution in [1.29, 1.82) is 0 Å². The first-order valence-corrected chi connectivity index (χ1v) is 23.5. The second kappa shape index (κ2) is 25.4. The lowest BCUT2D eigenvalue weighted by atomic mass is 10.00. The third-order valence-electron chi connectivity index (χ3n) is 10.4. The molecule has 3 heterocycles. The summed E-state index contributed by atoms with van der Waals surface area (Å²) >= 11 is 0. The van der Waals surface area contributed by atoms with Gasteiger partial charge in [-0.15, -0.1) is 0 Å². The molecular formula is C40H59N13O10S2. The van der Waals surface area contributed by atoms with Gasteiger partial charge in [-0.2, -0.15) is 0 Å². The number of rotatable bonds is 19. The van der Waals surface area contributed by atoms with Crippen molar-refractivity contribution in [2.45, 2.75) is 94.7 Å². The normalized spacial score (nSPS) is 20.7. The quantitative estimate of drug-likeness (QED) is 0.0293. The molecule has 7 amide bonds. The number of hydrogen-bond donors (Lipinski definition) is 12. The summed E-state index contributed by atoms with van der Waals surface area (Å²) < 4.78 is 0. The van der Waals surface area contributed by atoms with Gasteiger partial charge in [-0.1, -0.05) is 47.6 Å². The summed E-state index contributed by atoms with van der Waals surface area (Å²) in [5.41, 5.74) is 11.9. The van der Waals surface area contributed by atoms with Crippen LogP contribution in [-0.2, 0) is 51.2 Å². The number of nitrogens with one attached hydrogen (secondary N) is 8. The zero-order valence-corrected chi connectivity index (χ0v) is 38.0. The third-order valence-corrected chi connectivity index (χ3v) is 12.8. The SMILES string of the molecule is CNCC(=O)N[C@@H](CCCN=C(N)N)C(=O)N[C@H](C(=O)N[C@@H](Cc1ccc(O)cc1)C(=O)NC1CSSC[C@@H](C(=O)O)NC(=O)[C@@H]2CCCN2C(=O)C(Cc2cnc[nH]2)NC1=O)C(C)C. The van der Waals surface area contributed by atoms with E-state index in [9.17, 15) is 48.6 Å². The number of nitrogens with zero attached hydrogens (tertiary/aromatic N) is 3. The highest BCUT2D eigenvalue weighted by Gasteiger charge is 2.41. The number of imidazole rings is 1. The molecule has 2 aliphatic heterocycles. The average molecular weight is 946 g/mol. The van der Waals surface area contributed by atoms with E-state index < -0.39 is 95.5 Å². The maximum Gasteiger partial charge on any atom is 0.327 e. The van der Waals surface area contributed by atoms with Gasteiger partial charge in [0.2, 0.25) is 41.4 Å². The number of carboxylic acid groups (broad SMARTS) is 1. The van der Waals surface area contributed by atoms with Crippen molar-refractivity contribution in [3.63, 3.8) is 0 Å². The van der Waals surface area contributed by atoms with Crippen LogP contribution < -0.4 is 48.7 Å². The largest absolute Gasteiger partial charge is 0.508 e. The number of carboxylic acids is 1. The molecule has 2 fully saturated rings. The zero-order valence-electron chi connectivity index (χ0n) is 36.3. The maximum atomic E-state index is 14.4. The van der Waals surface area contributed by atoms with E-state index in [-0.39, 0.29) is 68.5 Å². The van der Waals surface area contributed by atoms with Crippen molar-refractivity contribution in [1.82, 2.24) is 52.1 Å². The predicted octanol–water partition coefficient (Wildman–Crippen LogP) is -2.79. The van der Waals surface area contributed by atoms with Gasteiger partial charge in [-0.3, -0.25) is 38.6 Å². The minimum Gasteiger partial charge on any atom is -0.508 e. The number of aromatic amines is 1. The molecule has 7 atom stereocenters. The number of aliphatic carboxylic acids is 1. The number of aromatic nitrogens is 2. The molecule has 1 aromatic carbocycles. The number of nitrogens with two attached hydrogens (primary N) is 2. The van der Waals surface area contributed by atoms with Gasteiger partial charge in [0.1, 0.15) is 48.0 Å². The third kappa shape index (κ3) is 16.1. The van der Waals surface area contributed by atoms with E-state index in [1.54, 1.807) is 33.0 Å². The van der Waals surface area contributed by atoms with Crippen molar-refractivity contribution >= 4 is 74.9 Å². The summed E-state index contributed by atoms with van der Waals surface area (Å²) in [6.07, 6.45) is 3.83. The van der Waals surface area contributed by atoms with Crippen LogP contribution in [0.4, 0.5) is 0 Å². The number of likely N-dealkylation sites (N-methyl/N-ethyl adjacent to an activating group) is 1. The van der Waals surface area contributed by atoms with Gasteiger partial charge in [-0.25, -0.2) is 9.78 Å². The van der Waals surface area contributed by atoms with Crippen LogP contribution in [0, 0.1) is 5.92 Å².